The van der Waals surface area contributed by atoms with Crippen molar-refractivity contribution in [1.29, 1.82) is 0 Å². The van der Waals surface area contributed by atoms with Crippen LogP contribution in [0.15, 0.2) is 15.9 Å². The first-order valence-electron chi connectivity index (χ1n) is 6.51. The Kier molecular flexibility index (Phi) is 6.75. The van der Waals surface area contributed by atoms with Crippen molar-refractivity contribution in [3.8, 4) is 0 Å². The Morgan fingerprint density at radius 1 is 1.24 bits per heavy atom. The molecule has 0 fully saturated rings. The third-order valence-electron chi connectivity index (χ3n) is 2.90. The third-order valence-corrected chi connectivity index (χ3v) is 4.64. The largest absolute Gasteiger partial charge is 0.310 e. The van der Waals surface area contributed by atoms with Gasteiger partial charge in [-0.25, -0.2) is 0 Å². The molecule has 0 radical (unpaired) electrons. The molecule has 0 saturated heterocycles. The smallest absolute Gasteiger partial charge is 0.0701 e. The number of hydrogen-bond acceptors (Lipinski definition) is 2. The minimum atomic E-state index is 0.519. The maximum absolute atomic E-state index is 3.61. The highest BCUT2D eigenvalue weighted by molar-refractivity contribution is 9.11. The van der Waals surface area contributed by atoms with Crippen LogP contribution < -0.4 is 5.32 Å². The topological polar surface area (TPSA) is 12.0 Å². The molecule has 1 heterocycles. The van der Waals surface area contributed by atoms with E-state index in [9.17, 15) is 0 Å². The van der Waals surface area contributed by atoms with Gasteiger partial charge in [0, 0.05) is 10.9 Å². The highest BCUT2D eigenvalue weighted by Gasteiger charge is 2.16. The predicted octanol–water partition coefficient (Wildman–Crippen LogP) is 5.23. The molecule has 98 valence electrons. The van der Waals surface area contributed by atoms with Crippen LogP contribution in [-0.4, -0.2) is 6.54 Å². The average molecular weight is 318 g/mol. The van der Waals surface area contributed by atoms with Crippen LogP contribution in [0.4, 0.5) is 0 Å². The normalized spacial score (nSPS) is 15.2. The number of halogens is 1. The average Bonchev–Trinajstić information content (AvgIpc) is 2.63. The van der Waals surface area contributed by atoms with Gasteiger partial charge in [-0.1, -0.05) is 27.7 Å². The molecule has 17 heavy (non-hydrogen) atoms. The van der Waals surface area contributed by atoms with E-state index >= 15 is 0 Å². The zero-order valence-corrected chi connectivity index (χ0v) is 13.7. The van der Waals surface area contributed by atoms with Gasteiger partial charge in [0.05, 0.1) is 3.79 Å². The maximum atomic E-state index is 3.61. The lowest BCUT2D eigenvalue weighted by atomic mass is 9.92. The van der Waals surface area contributed by atoms with Crippen molar-refractivity contribution >= 4 is 27.3 Å². The minimum Gasteiger partial charge on any atom is -0.310 e. The second-order valence-electron chi connectivity index (χ2n) is 5.22. The SMILES string of the molecule is CCNC(CC(C)CC(C)C)c1ccc(Br)s1. The molecule has 0 bridgehead atoms. The Morgan fingerprint density at radius 2 is 1.94 bits per heavy atom. The fraction of sp³-hybridized carbons (Fsp3) is 0.714. The molecule has 1 rings (SSSR count). The van der Waals surface area contributed by atoms with Gasteiger partial charge < -0.3 is 5.32 Å². The van der Waals surface area contributed by atoms with Gasteiger partial charge in [-0.2, -0.15) is 0 Å². The van der Waals surface area contributed by atoms with E-state index in [4.69, 9.17) is 0 Å². The molecule has 0 spiro atoms. The monoisotopic (exact) mass is 317 g/mol. The van der Waals surface area contributed by atoms with Gasteiger partial charge in [-0.3, -0.25) is 0 Å². The molecule has 0 amide bonds. The summed E-state index contributed by atoms with van der Waals surface area (Å²) in [7, 11) is 0. The standard InChI is InChI=1S/C14H24BrNS/c1-5-16-12(9-11(4)8-10(2)3)13-6-7-14(15)17-13/h6-7,10-12,16H,5,8-9H2,1-4H3. The summed E-state index contributed by atoms with van der Waals surface area (Å²) >= 11 is 5.40. The van der Waals surface area contributed by atoms with Crippen molar-refractivity contribution in [1.82, 2.24) is 5.32 Å². The van der Waals surface area contributed by atoms with Crippen LogP contribution in [0.2, 0.25) is 0 Å². The molecule has 0 aliphatic heterocycles. The highest BCUT2D eigenvalue weighted by Crippen LogP contribution is 2.32. The molecule has 1 aromatic heterocycles. The van der Waals surface area contributed by atoms with Crippen molar-refractivity contribution in [2.24, 2.45) is 11.8 Å². The predicted molar refractivity (Wildman–Crippen MR) is 81.7 cm³/mol. The van der Waals surface area contributed by atoms with Gasteiger partial charge in [0.1, 0.15) is 0 Å². The summed E-state index contributed by atoms with van der Waals surface area (Å²) in [6, 6.07) is 4.91. The molecular weight excluding hydrogens is 294 g/mol. The summed E-state index contributed by atoms with van der Waals surface area (Å²) in [5.41, 5.74) is 0. The lowest BCUT2D eigenvalue weighted by Gasteiger charge is -2.22. The highest BCUT2D eigenvalue weighted by atomic mass is 79.9. The van der Waals surface area contributed by atoms with Crippen molar-refractivity contribution in [2.45, 2.75) is 46.6 Å². The minimum absolute atomic E-state index is 0.519. The van der Waals surface area contributed by atoms with E-state index in [1.807, 2.05) is 11.3 Å². The fourth-order valence-electron chi connectivity index (χ4n) is 2.37. The summed E-state index contributed by atoms with van der Waals surface area (Å²) in [6.07, 6.45) is 2.55. The summed E-state index contributed by atoms with van der Waals surface area (Å²) in [6.45, 7) is 10.2. The first kappa shape index (κ1) is 15.2. The fourth-order valence-corrected chi connectivity index (χ4v) is 3.88. The van der Waals surface area contributed by atoms with Crippen LogP contribution in [0.25, 0.3) is 0 Å². The van der Waals surface area contributed by atoms with E-state index in [1.54, 1.807) is 0 Å². The zero-order chi connectivity index (χ0) is 12.8. The number of thiophene rings is 1. The quantitative estimate of drug-likeness (QED) is 0.725. The van der Waals surface area contributed by atoms with Crippen LogP contribution >= 0.6 is 27.3 Å². The lowest BCUT2D eigenvalue weighted by Crippen LogP contribution is -2.22. The van der Waals surface area contributed by atoms with E-state index in [1.165, 1.54) is 21.5 Å². The van der Waals surface area contributed by atoms with Gasteiger partial charge in [0.25, 0.3) is 0 Å². The van der Waals surface area contributed by atoms with E-state index in [-0.39, 0.29) is 0 Å². The molecule has 0 saturated carbocycles. The van der Waals surface area contributed by atoms with Crippen LogP contribution in [0, 0.1) is 11.8 Å². The van der Waals surface area contributed by atoms with Gasteiger partial charge in [-0.05, 0) is 59.3 Å². The molecule has 0 aliphatic carbocycles. The van der Waals surface area contributed by atoms with E-state index in [0.717, 1.165) is 18.4 Å². The Labute approximate surface area is 118 Å². The van der Waals surface area contributed by atoms with Gasteiger partial charge >= 0.3 is 0 Å². The summed E-state index contributed by atoms with van der Waals surface area (Å²) in [5.74, 6) is 1.57. The van der Waals surface area contributed by atoms with Gasteiger partial charge in [0.2, 0.25) is 0 Å². The van der Waals surface area contributed by atoms with Crippen LogP contribution in [-0.2, 0) is 0 Å². The maximum Gasteiger partial charge on any atom is 0.0701 e. The van der Waals surface area contributed by atoms with E-state index in [2.05, 4.69) is 61.1 Å². The van der Waals surface area contributed by atoms with Crippen molar-refractivity contribution in [2.75, 3.05) is 6.54 Å². The van der Waals surface area contributed by atoms with E-state index in [0.29, 0.717) is 6.04 Å². The Balaban J connectivity index is 2.60. The summed E-state index contributed by atoms with van der Waals surface area (Å²) in [5, 5.41) is 3.61. The molecule has 0 aliphatic rings. The molecule has 0 aromatic carbocycles. The number of nitrogens with one attached hydrogen (secondary N) is 1. The van der Waals surface area contributed by atoms with Crippen LogP contribution in [0.3, 0.4) is 0 Å². The molecule has 3 heteroatoms. The molecule has 2 atom stereocenters. The van der Waals surface area contributed by atoms with E-state index < -0.39 is 0 Å². The summed E-state index contributed by atoms with van der Waals surface area (Å²) in [4.78, 5) is 1.45. The molecule has 1 aromatic rings. The Bertz CT molecular complexity index is 322. The number of rotatable bonds is 7. The lowest BCUT2D eigenvalue weighted by molar-refractivity contribution is 0.362. The van der Waals surface area contributed by atoms with Crippen molar-refractivity contribution in [3.63, 3.8) is 0 Å². The first-order chi connectivity index (χ1) is 8.02. The van der Waals surface area contributed by atoms with Crippen LogP contribution in [0.1, 0.15) is 51.5 Å². The molecular formula is C14H24BrNS. The van der Waals surface area contributed by atoms with Crippen molar-refractivity contribution < 1.29 is 0 Å². The third kappa shape index (κ3) is 5.54. The van der Waals surface area contributed by atoms with Gasteiger partial charge in [-0.15, -0.1) is 11.3 Å². The zero-order valence-electron chi connectivity index (χ0n) is 11.3. The Morgan fingerprint density at radius 3 is 2.41 bits per heavy atom. The van der Waals surface area contributed by atoms with Crippen molar-refractivity contribution in [3.05, 3.63) is 20.8 Å². The first-order valence-corrected chi connectivity index (χ1v) is 8.12. The second kappa shape index (κ2) is 7.55. The Hall–Kier alpha value is 0.140. The molecule has 1 nitrogen and oxygen atoms in total. The summed E-state index contributed by atoms with van der Waals surface area (Å²) < 4.78 is 1.23. The van der Waals surface area contributed by atoms with Gasteiger partial charge in [0.15, 0.2) is 0 Å². The van der Waals surface area contributed by atoms with Crippen LogP contribution in [0.5, 0.6) is 0 Å². The second-order valence-corrected chi connectivity index (χ2v) is 7.72. The number of hydrogen-bond donors (Lipinski definition) is 1. The molecule has 1 N–H and O–H groups in total. The molecule has 2 unspecified atom stereocenters.